The molecule has 0 aliphatic heterocycles. The molecule has 5 heteroatoms. The number of carbonyl (C=O) groups is 2. The van der Waals surface area contributed by atoms with Crippen molar-refractivity contribution in [2.45, 2.75) is 12.8 Å². The molecule has 1 fully saturated rings. The Labute approximate surface area is 97.7 Å². The minimum absolute atomic E-state index is 0. The summed E-state index contributed by atoms with van der Waals surface area (Å²) >= 11 is 0. The average molecular weight is 265 g/mol. The standard InChI is InChI=1S/C5H6O4.Ba/c6-3(7)5(1-2-5)4(8)9;/h1-2H2,(H,6,7)(H,8,9);/q;+2/p-2. The third kappa shape index (κ3) is 1.57. The Morgan fingerprint density at radius 1 is 1.10 bits per heavy atom. The van der Waals surface area contributed by atoms with Gasteiger partial charge in [0, 0.05) is 5.41 Å². The Balaban J connectivity index is 0.000000810. The van der Waals surface area contributed by atoms with Gasteiger partial charge < -0.3 is 19.8 Å². The Kier molecular flexibility index (Phi) is 3.44. The molecule has 0 aromatic carbocycles. The van der Waals surface area contributed by atoms with E-state index in [0.29, 0.717) is 0 Å². The fraction of sp³-hybridized carbons (Fsp3) is 0.600. The van der Waals surface area contributed by atoms with Crippen LogP contribution in [0, 0.1) is 5.41 Å². The van der Waals surface area contributed by atoms with Crippen molar-refractivity contribution in [3.63, 3.8) is 0 Å². The molecule has 0 aromatic heterocycles. The molecular formula is C5H4BaO4. The maximum absolute atomic E-state index is 9.99. The van der Waals surface area contributed by atoms with Gasteiger partial charge in [0.25, 0.3) is 0 Å². The van der Waals surface area contributed by atoms with E-state index in [4.69, 9.17) is 0 Å². The van der Waals surface area contributed by atoms with Gasteiger partial charge in [0.2, 0.25) is 0 Å². The number of carboxylic acids is 2. The Hall–Kier alpha value is 0.511. The van der Waals surface area contributed by atoms with Crippen LogP contribution in [-0.2, 0) is 9.59 Å². The number of rotatable bonds is 2. The topological polar surface area (TPSA) is 80.3 Å². The minimum Gasteiger partial charge on any atom is -0.549 e. The molecule has 50 valence electrons. The minimum atomic E-state index is -1.64. The number of hydrogen-bond acceptors (Lipinski definition) is 4. The zero-order chi connectivity index (χ0) is 7.07. The van der Waals surface area contributed by atoms with E-state index in [2.05, 4.69) is 0 Å². The molecule has 0 radical (unpaired) electrons. The molecule has 10 heavy (non-hydrogen) atoms. The first-order chi connectivity index (χ1) is 4.09. The van der Waals surface area contributed by atoms with Crippen molar-refractivity contribution >= 4 is 60.8 Å². The SMILES string of the molecule is O=C([O-])C1(C(=O)[O-])CC1.[Ba+2]. The average Bonchev–Trinajstić information content (AvgIpc) is 2.40. The Morgan fingerprint density at radius 2 is 1.40 bits per heavy atom. The summed E-state index contributed by atoms with van der Waals surface area (Å²) in [5, 5.41) is 20.0. The number of hydrogen-bond donors (Lipinski definition) is 0. The number of aliphatic carboxylic acids is 2. The van der Waals surface area contributed by atoms with Crippen LogP contribution < -0.4 is 10.2 Å². The van der Waals surface area contributed by atoms with Crippen LogP contribution in [0.5, 0.6) is 0 Å². The molecule has 0 amide bonds. The normalized spacial score (nSPS) is 18.8. The molecule has 0 spiro atoms. The molecule has 0 saturated heterocycles. The molecule has 1 aliphatic carbocycles. The maximum atomic E-state index is 9.99. The third-order valence-electron chi connectivity index (χ3n) is 1.53. The summed E-state index contributed by atoms with van der Waals surface area (Å²) in [5.74, 6) is -3.05. The van der Waals surface area contributed by atoms with Crippen LogP contribution in [0.2, 0.25) is 0 Å². The van der Waals surface area contributed by atoms with Crippen molar-refractivity contribution in [3.05, 3.63) is 0 Å². The first-order valence-corrected chi connectivity index (χ1v) is 2.52. The molecule has 0 heterocycles. The van der Waals surface area contributed by atoms with Gasteiger partial charge in [-0.15, -0.1) is 0 Å². The summed E-state index contributed by atoms with van der Waals surface area (Å²) in [5.41, 5.74) is -1.64. The van der Waals surface area contributed by atoms with Crippen molar-refractivity contribution in [1.82, 2.24) is 0 Å². The predicted octanol–water partition coefficient (Wildman–Crippen LogP) is -3.11. The third-order valence-corrected chi connectivity index (χ3v) is 1.53. The summed E-state index contributed by atoms with van der Waals surface area (Å²) in [6.07, 6.45) is 0.301. The second kappa shape index (κ2) is 3.27. The molecule has 4 nitrogen and oxygen atoms in total. The van der Waals surface area contributed by atoms with Crippen molar-refractivity contribution in [3.8, 4) is 0 Å². The van der Waals surface area contributed by atoms with Gasteiger partial charge >= 0.3 is 48.9 Å². The van der Waals surface area contributed by atoms with Crippen molar-refractivity contribution in [2.24, 2.45) is 5.41 Å². The summed E-state index contributed by atoms with van der Waals surface area (Å²) in [7, 11) is 0. The summed E-state index contributed by atoms with van der Waals surface area (Å²) in [4.78, 5) is 20.0. The van der Waals surface area contributed by atoms with Crippen LogP contribution in [0.1, 0.15) is 12.8 Å². The van der Waals surface area contributed by atoms with E-state index >= 15 is 0 Å². The molecule has 1 saturated carbocycles. The van der Waals surface area contributed by atoms with E-state index in [0.717, 1.165) is 0 Å². The predicted molar refractivity (Wildman–Crippen MR) is 27.4 cm³/mol. The second-order valence-electron chi connectivity index (χ2n) is 2.16. The van der Waals surface area contributed by atoms with Crippen LogP contribution in [0.25, 0.3) is 0 Å². The molecule has 0 atom stereocenters. The van der Waals surface area contributed by atoms with Gasteiger partial charge in [0.05, 0.1) is 11.9 Å². The summed E-state index contributed by atoms with van der Waals surface area (Å²) in [6, 6.07) is 0. The van der Waals surface area contributed by atoms with Gasteiger partial charge in [-0.25, -0.2) is 0 Å². The van der Waals surface area contributed by atoms with Gasteiger partial charge in [0.15, 0.2) is 0 Å². The van der Waals surface area contributed by atoms with Gasteiger partial charge in [-0.05, 0) is 12.8 Å². The fourth-order valence-electron chi connectivity index (χ4n) is 0.617. The Bertz CT molecular complexity index is 156. The maximum Gasteiger partial charge on any atom is 2.00 e. The molecule has 0 N–H and O–H groups in total. The van der Waals surface area contributed by atoms with E-state index in [1.165, 1.54) is 0 Å². The van der Waals surface area contributed by atoms with Crippen LogP contribution in [-0.4, -0.2) is 60.8 Å². The van der Waals surface area contributed by atoms with Crippen molar-refractivity contribution in [2.75, 3.05) is 0 Å². The number of carboxylic acid groups (broad SMARTS) is 2. The van der Waals surface area contributed by atoms with E-state index < -0.39 is 17.4 Å². The molecule has 0 bridgehead atoms. The van der Waals surface area contributed by atoms with Gasteiger partial charge in [-0.1, -0.05) is 0 Å². The van der Waals surface area contributed by atoms with Crippen molar-refractivity contribution in [1.29, 1.82) is 0 Å². The fourth-order valence-corrected chi connectivity index (χ4v) is 0.617. The quantitative estimate of drug-likeness (QED) is 0.391. The van der Waals surface area contributed by atoms with Gasteiger partial charge in [-0.2, -0.15) is 0 Å². The zero-order valence-corrected chi connectivity index (χ0v) is 9.70. The molecule has 1 rings (SSSR count). The largest absolute Gasteiger partial charge is 2.00 e. The van der Waals surface area contributed by atoms with E-state index in [1.54, 1.807) is 0 Å². The second-order valence-corrected chi connectivity index (χ2v) is 2.16. The van der Waals surface area contributed by atoms with Crippen LogP contribution in [0.3, 0.4) is 0 Å². The summed E-state index contributed by atoms with van der Waals surface area (Å²) in [6.45, 7) is 0. The van der Waals surface area contributed by atoms with Crippen LogP contribution in [0.15, 0.2) is 0 Å². The van der Waals surface area contributed by atoms with Crippen LogP contribution in [0.4, 0.5) is 0 Å². The Morgan fingerprint density at radius 3 is 1.40 bits per heavy atom. The first kappa shape index (κ1) is 10.5. The van der Waals surface area contributed by atoms with Gasteiger partial charge in [-0.3, -0.25) is 0 Å². The molecular weight excluding hydrogens is 261 g/mol. The van der Waals surface area contributed by atoms with E-state index in [9.17, 15) is 19.8 Å². The number of carbonyl (C=O) groups excluding carboxylic acids is 2. The van der Waals surface area contributed by atoms with Gasteiger partial charge in [0.1, 0.15) is 0 Å². The molecule has 0 aromatic rings. The summed E-state index contributed by atoms with van der Waals surface area (Å²) < 4.78 is 0. The molecule has 0 unspecified atom stereocenters. The smallest absolute Gasteiger partial charge is 0.549 e. The monoisotopic (exact) mass is 266 g/mol. The van der Waals surface area contributed by atoms with Crippen LogP contribution >= 0.6 is 0 Å². The van der Waals surface area contributed by atoms with E-state index in [1.807, 2.05) is 0 Å². The first-order valence-electron chi connectivity index (χ1n) is 2.52. The zero-order valence-electron chi connectivity index (χ0n) is 5.25. The molecule has 1 aliphatic rings. The van der Waals surface area contributed by atoms with Crippen molar-refractivity contribution < 1.29 is 19.8 Å². The van der Waals surface area contributed by atoms with E-state index in [-0.39, 0.29) is 61.7 Å².